The third-order valence-corrected chi connectivity index (χ3v) is 8.52. The number of alkyl carbamates (subject to hydrolysis) is 1. The highest BCUT2D eigenvalue weighted by Gasteiger charge is 2.54. The van der Waals surface area contributed by atoms with Crippen molar-refractivity contribution in [1.82, 2.24) is 15.5 Å². The molecule has 232 valence electrons. The van der Waals surface area contributed by atoms with E-state index in [2.05, 4.69) is 17.2 Å². The van der Waals surface area contributed by atoms with Crippen LogP contribution in [0, 0.1) is 0 Å². The van der Waals surface area contributed by atoms with Gasteiger partial charge in [-0.15, -0.1) is 11.8 Å². The average molecular weight is 626 g/mol. The number of hydrogen-bond acceptors (Lipinski definition) is 7. The number of β-lactam (4-membered cyclic amide) rings is 1. The smallest absolute Gasteiger partial charge is 0.408 e. The minimum Gasteiger partial charge on any atom is -0.448 e. The number of nitrogens with one attached hydrogen (secondary N) is 2. The first-order valence-electron chi connectivity index (χ1n) is 14.5. The molecule has 2 heterocycles. The maximum Gasteiger partial charge on any atom is 0.408 e. The maximum absolute atomic E-state index is 13.8. The van der Waals surface area contributed by atoms with Gasteiger partial charge in [-0.05, 0) is 43.0 Å². The Morgan fingerprint density at radius 2 is 1.44 bits per heavy atom. The number of carbonyl (C=O) groups is 4. The number of ether oxygens (including phenoxy) is 2. The zero-order valence-corrected chi connectivity index (χ0v) is 26.1. The molecule has 0 radical (unpaired) electrons. The number of hydrogen-bond donors (Lipinski definition) is 2. The summed E-state index contributed by atoms with van der Waals surface area (Å²) >= 11 is 1.40. The fourth-order valence-electron chi connectivity index (χ4n) is 5.14. The van der Waals surface area contributed by atoms with Crippen molar-refractivity contribution < 1.29 is 28.7 Å². The van der Waals surface area contributed by atoms with Crippen molar-refractivity contribution in [3.8, 4) is 0 Å². The lowest BCUT2D eigenvalue weighted by molar-refractivity contribution is -0.154. The van der Waals surface area contributed by atoms with Crippen LogP contribution in [0.3, 0.4) is 0 Å². The molecule has 2 aliphatic rings. The number of nitrogens with zero attached hydrogens (tertiary/aromatic N) is 1. The van der Waals surface area contributed by atoms with E-state index in [9.17, 15) is 19.2 Å². The molecule has 3 atom stereocenters. The molecule has 2 N–H and O–H groups in total. The van der Waals surface area contributed by atoms with Crippen LogP contribution in [-0.4, -0.2) is 51.5 Å². The van der Waals surface area contributed by atoms with E-state index in [0.29, 0.717) is 16.9 Å². The van der Waals surface area contributed by atoms with Gasteiger partial charge in [-0.1, -0.05) is 104 Å². The first kappa shape index (κ1) is 31.6. The second-order valence-electron chi connectivity index (χ2n) is 11.6. The van der Waals surface area contributed by atoms with Crippen LogP contribution in [0.5, 0.6) is 0 Å². The summed E-state index contributed by atoms with van der Waals surface area (Å²) in [6.45, 7) is 9.03. The molecule has 3 aromatic rings. The van der Waals surface area contributed by atoms with Gasteiger partial charge in [0.2, 0.25) is 5.91 Å². The van der Waals surface area contributed by atoms with Crippen molar-refractivity contribution in [3.05, 3.63) is 132 Å². The minimum atomic E-state index is -1.11. The predicted octanol–water partition coefficient (Wildman–Crippen LogP) is 5.43. The Morgan fingerprint density at radius 1 is 0.911 bits per heavy atom. The van der Waals surface area contributed by atoms with E-state index in [0.717, 1.165) is 11.1 Å². The van der Waals surface area contributed by atoms with Gasteiger partial charge in [-0.25, -0.2) is 9.59 Å². The molecule has 1 unspecified atom stereocenters. The van der Waals surface area contributed by atoms with Gasteiger partial charge in [0, 0.05) is 5.75 Å². The molecule has 2 aliphatic heterocycles. The number of carbonyl (C=O) groups excluding carboxylic acids is 4. The molecule has 1 saturated heterocycles. The standard InChI is InChI=1S/C35H35N3O6S/c1-5-22-21-45-32-27(36-30(39)26(23-15-9-6-10-16-23)37-34(42)44-35(2,3)4)31(40)38(32)28(22)33(41)43-29(24-17-11-7-12-18-24)25-19-13-8-14-20-25/h5-20,26-27,29,32H,1,21H2,2-4H3,(H,36,39)(H,37,42)/t26?,27-,32-/m1/s1. The van der Waals surface area contributed by atoms with Crippen molar-refractivity contribution in [2.75, 3.05) is 5.75 Å². The lowest BCUT2D eigenvalue weighted by Crippen LogP contribution is -2.71. The summed E-state index contributed by atoms with van der Waals surface area (Å²) in [5, 5.41) is 4.86. The molecule has 3 aromatic carbocycles. The molecule has 0 aromatic heterocycles. The molecule has 5 rings (SSSR count). The largest absolute Gasteiger partial charge is 0.448 e. The molecule has 45 heavy (non-hydrogen) atoms. The van der Waals surface area contributed by atoms with Gasteiger partial charge in [0.25, 0.3) is 5.91 Å². The van der Waals surface area contributed by atoms with Crippen LogP contribution in [0.2, 0.25) is 0 Å². The van der Waals surface area contributed by atoms with E-state index in [1.165, 1.54) is 16.7 Å². The fraction of sp³-hybridized carbons (Fsp3) is 0.257. The van der Waals surface area contributed by atoms with Crippen molar-refractivity contribution in [1.29, 1.82) is 0 Å². The average Bonchev–Trinajstić information content (AvgIpc) is 3.04. The molecule has 0 spiro atoms. The molecular formula is C35H35N3O6S. The Morgan fingerprint density at radius 3 is 1.96 bits per heavy atom. The van der Waals surface area contributed by atoms with E-state index in [1.54, 1.807) is 57.2 Å². The number of fused-ring (bicyclic) bond motifs is 1. The number of rotatable bonds is 9. The van der Waals surface area contributed by atoms with E-state index < -0.39 is 53.0 Å². The second kappa shape index (κ2) is 13.4. The van der Waals surface area contributed by atoms with Crippen LogP contribution in [0.4, 0.5) is 4.79 Å². The van der Waals surface area contributed by atoms with Gasteiger partial charge >= 0.3 is 12.1 Å². The molecule has 0 bridgehead atoms. The Kier molecular flexibility index (Phi) is 9.43. The third-order valence-electron chi connectivity index (χ3n) is 7.22. The number of amides is 3. The summed E-state index contributed by atoms with van der Waals surface area (Å²) in [4.78, 5) is 55.0. The summed E-state index contributed by atoms with van der Waals surface area (Å²) in [5.41, 5.74) is 1.98. The molecular weight excluding hydrogens is 590 g/mol. The topological polar surface area (TPSA) is 114 Å². The van der Waals surface area contributed by atoms with Crippen molar-refractivity contribution in [3.63, 3.8) is 0 Å². The van der Waals surface area contributed by atoms with Crippen LogP contribution in [0.15, 0.2) is 115 Å². The summed E-state index contributed by atoms with van der Waals surface area (Å²) in [6.07, 6.45) is 0.0777. The van der Waals surface area contributed by atoms with Crippen molar-refractivity contribution in [2.24, 2.45) is 0 Å². The van der Waals surface area contributed by atoms with Crippen LogP contribution in [-0.2, 0) is 23.9 Å². The summed E-state index contributed by atoms with van der Waals surface area (Å²) in [7, 11) is 0. The van der Waals surface area contributed by atoms with Gasteiger partial charge in [-0.3, -0.25) is 14.5 Å². The zero-order valence-electron chi connectivity index (χ0n) is 25.3. The van der Waals surface area contributed by atoms with Crippen LogP contribution < -0.4 is 10.6 Å². The van der Waals surface area contributed by atoms with E-state index in [4.69, 9.17) is 9.47 Å². The normalized spacial score (nSPS) is 18.3. The molecule has 3 amide bonds. The summed E-state index contributed by atoms with van der Waals surface area (Å²) in [5.74, 6) is -1.33. The SMILES string of the molecule is C=CC1=C(C(=O)OC(c2ccccc2)c2ccccc2)N2C(=O)[C@@H](NC(=O)C(NC(=O)OC(C)(C)C)c3ccccc3)[C@H]2SC1. The van der Waals surface area contributed by atoms with Crippen LogP contribution in [0.1, 0.15) is 49.6 Å². The van der Waals surface area contributed by atoms with E-state index >= 15 is 0 Å². The van der Waals surface area contributed by atoms with Crippen molar-refractivity contribution in [2.45, 2.75) is 49.9 Å². The van der Waals surface area contributed by atoms with Crippen molar-refractivity contribution >= 4 is 35.6 Å². The van der Waals surface area contributed by atoms with Gasteiger partial charge in [0.05, 0.1) is 0 Å². The van der Waals surface area contributed by atoms with Crippen LogP contribution >= 0.6 is 11.8 Å². The number of benzene rings is 3. The van der Waals surface area contributed by atoms with Gasteiger partial charge in [0.15, 0.2) is 6.10 Å². The second-order valence-corrected chi connectivity index (χ2v) is 12.7. The summed E-state index contributed by atoms with van der Waals surface area (Å²) < 4.78 is 11.5. The van der Waals surface area contributed by atoms with Gasteiger partial charge in [-0.2, -0.15) is 0 Å². The Labute approximate surface area is 266 Å². The monoisotopic (exact) mass is 625 g/mol. The minimum absolute atomic E-state index is 0.104. The first-order chi connectivity index (χ1) is 21.6. The fourth-order valence-corrected chi connectivity index (χ4v) is 6.48. The lowest BCUT2D eigenvalue weighted by Gasteiger charge is -2.49. The lowest BCUT2D eigenvalue weighted by atomic mass is 10.00. The molecule has 10 heteroatoms. The molecule has 1 fully saturated rings. The highest BCUT2D eigenvalue weighted by molar-refractivity contribution is 8.00. The van der Waals surface area contributed by atoms with Crippen LogP contribution in [0.25, 0.3) is 0 Å². The Bertz CT molecular complexity index is 1570. The van der Waals surface area contributed by atoms with E-state index in [1.807, 2.05) is 60.7 Å². The maximum atomic E-state index is 13.8. The third kappa shape index (κ3) is 7.12. The molecule has 9 nitrogen and oxygen atoms in total. The summed E-state index contributed by atoms with van der Waals surface area (Å²) in [6, 6.07) is 25.4. The first-order valence-corrected chi connectivity index (χ1v) is 15.6. The number of thioether (sulfide) groups is 1. The highest BCUT2D eigenvalue weighted by atomic mass is 32.2. The highest BCUT2D eigenvalue weighted by Crippen LogP contribution is 2.42. The quantitative estimate of drug-likeness (QED) is 0.241. The molecule has 0 aliphatic carbocycles. The van der Waals surface area contributed by atoms with Gasteiger partial charge < -0.3 is 20.1 Å². The van der Waals surface area contributed by atoms with E-state index in [-0.39, 0.29) is 5.70 Å². The Hall–Kier alpha value is -4.83. The van der Waals surface area contributed by atoms with Gasteiger partial charge in [0.1, 0.15) is 28.8 Å². The Balaban J connectivity index is 1.35. The predicted molar refractivity (Wildman–Crippen MR) is 172 cm³/mol. The zero-order chi connectivity index (χ0) is 32.1. The number of allylic oxidation sites excluding steroid dienone is 1. The number of esters is 1. The molecule has 0 saturated carbocycles.